The molecule has 0 unspecified atom stereocenters. The summed E-state index contributed by atoms with van der Waals surface area (Å²) in [5.41, 5.74) is 0.955. The number of hydrogen-bond acceptors (Lipinski definition) is 7. The van der Waals surface area contributed by atoms with Gasteiger partial charge >= 0.3 is 0 Å². The van der Waals surface area contributed by atoms with Crippen molar-refractivity contribution in [3.05, 3.63) is 48.8 Å². The number of pyridine rings is 1. The van der Waals surface area contributed by atoms with Crippen LogP contribution in [0.1, 0.15) is 18.6 Å². The lowest BCUT2D eigenvalue weighted by Gasteiger charge is -2.32. The number of nitrogens with one attached hydrogen (secondary N) is 1. The minimum atomic E-state index is 0.0209. The molecule has 4 aromatic heterocycles. The largest absolute Gasteiger partial charge is 0.467 e. The van der Waals surface area contributed by atoms with Crippen LogP contribution in [0.25, 0.3) is 20.4 Å². The lowest BCUT2D eigenvalue weighted by atomic mass is 9.96. The zero-order valence-electron chi connectivity index (χ0n) is 15.2. The van der Waals surface area contributed by atoms with Crippen molar-refractivity contribution in [1.82, 2.24) is 20.3 Å². The highest BCUT2D eigenvalue weighted by molar-refractivity contribution is 7.25. The third-order valence-corrected chi connectivity index (χ3v) is 6.29. The van der Waals surface area contributed by atoms with Crippen LogP contribution >= 0.6 is 11.3 Å². The lowest BCUT2D eigenvalue weighted by Crippen LogP contribution is -2.40. The second-order valence-electron chi connectivity index (χ2n) is 6.89. The lowest BCUT2D eigenvalue weighted by molar-refractivity contribution is -0.125. The van der Waals surface area contributed by atoms with Crippen molar-refractivity contribution in [2.24, 2.45) is 5.92 Å². The van der Waals surface area contributed by atoms with Gasteiger partial charge < -0.3 is 14.6 Å². The molecule has 5 heterocycles. The molecule has 1 N–H and O–H groups in total. The van der Waals surface area contributed by atoms with Crippen LogP contribution in [0.15, 0.2) is 47.5 Å². The number of hydrogen-bond donors (Lipinski definition) is 1. The van der Waals surface area contributed by atoms with E-state index in [0.717, 1.165) is 57.9 Å². The zero-order chi connectivity index (χ0) is 18.9. The summed E-state index contributed by atoms with van der Waals surface area (Å²) in [6, 6.07) is 7.67. The smallest absolute Gasteiger partial charge is 0.223 e. The Bertz CT molecular complexity index is 1120. The first-order valence-corrected chi connectivity index (χ1v) is 10.1. The van der Waals surface area contributed by atoms with Gasteiger partial charge in [-0.1, -0.05) is 0 Å². The van der Waals surface area contributed by atoms with Crippen LogP contribution in [-0.4, -0.2) is 33.9 Å². The van der Waals surface area contributed by atoms with Crippen LogP contribution in [0.2, 0.25) is 0 Å². The van der Waals surface area contributed by atoms with E-state index in [1.807, 2.05) is 24.3 Å². The number of nitrogens with zero attached hydrogens (tertiary/aromatic N) is 4. The number of aromatic nitrogens is 3. The van der Waals surface area contributed by atoms with Gasteiger partial charge in [-0.05, 0) is 37.1 Å². The number of anilines is 1. The Hall–Kier alpha value is -3.00. The Morgan fingerprint density at radius 3 is 2.93 bits per heavy atom. The third kappa shape index (κ3) is 3.09. The van der Waals surface area contributed by atoms with Crippen LogP contribution < -0.4 is 10.2 Å². The molecule has 0 saturated carbocycles. The number of piperidine rings is 1. The maximum atomic E-state index is 12.5. The third-order valence-electron chi connectivity index (χ3n) is 5.19. The van der Waals surface area contributed by atoms with E-state index in [0.29, 0.717) is 6.54 Å². The number of thiophene rings is 1. The SMILES string of the molecule is O=C(NCc1ccco1)C1CCN(c2ncnc3c2sc2ncccc23)CC1. The molecule has 1 fully saturated rings. The number of carbonyl (C=O) groups is 1. The van der Waals surface area contributed by atoms with Gasteiger partial charge in [-0.15, -0.1) is 11.3 Å². The molecular formula is C20H19N5O2S. The summed E-state index contributed by atoms with van der Waals surface area (Å²) in [6.07, 6.45) is 6.65. The van der Waals surface area contributed by atoms with E-state index in [4.69, 9.17) is 4.42 Å². The molecule has 7 nitrogen and oxygen atoms in total. The minimum Gasteiger partial charge on any atom is -0.467 e. The molecule has 0 spiro atoms. The summed E-state index contributed by atoms with van der Waals surface area (Å²) in [5.74, 6) is 1.83. The van der Waals surface area contributed by atoms with Gasteiger partial charge in [0.25, 0.3) is 0 Å². The highest BCUT2D eigenvalue weighted by Crippen LogP contribution is 2.37. The predicted octanol–water partition coefficient (Wildman–Crippen LogP) is 3.37. The van der Waals surface area contributed by atoms with Crippen LogP contribution in [0.3, 0.4) is 0 Å². The molecule has 1 amide bonds. The number of carbonyl (C=O) groups excluding carboxylic acids is 1. The Morgan fingerprint density at radius 1 is 1.21 bits per heavy atom. The molecule has 0 bridgehead atoms. The average Bonchev–Trinajstić information content (AvgIpc) is 3.39. The average molecular weight is 393 g/mol. The standard InChI is InChI=1S/C20H19N5O2S/c26-19(22-11-14-3-2-10-27-14)13-5-8-25(9-6-13)18-17-16(23-12-24-18)15-4-1-7-21-20(15)28-17/h1-4,7,10,12-13H,5-6,8-9,11H2,(H,22,26). The molecule has 1 aliphatic heterocycles. The van der Waals surface area contributed by atoms with Crippen molar-refractivity contribution in [2.75, 3.05) is 18.0 Å². The first-order chi connectivity index (χ1) is 13.8. The van der Waals surface area contributed by atoms with Crippen LogP contribution in [0.5, 0.6) is 0 Å². The van der Waals surface area contributed by atoms with Gasteiger partial charge in [0, 0.05) is 30.6 Å². The molecule has 5 rings (SSSR count). The van der Waals surface area contributed by atoms with Crippen molar-refractivity contribution in [2.45, 2.75) is 19.4 Å². The van der Waals surface area contributed by atoms with Crippen molar-refractivity contribution in [1.29, 1.82) is 0 Å². The van der Waals surface area contributed by atoms with Crippen LogP contribution in [0.4, 0.5) is 5.82 Å². The molecule has 0 aliphatic carbocycles. The van der Waals surface area contributed by atoms with E-state index in [1.54, 1.807) is 30.1 Å². The molecular weight excluding hydrogens is 374 g/mol. The molecule has 0 atom stereocenters. The maximum Gasteiger partial charge on any atom is 0.223 e. The molecule has 28 heavy (non-hydrogen) atoms. The number of amides is 1. The Kier molecular flexibility index (Phi) is 4.40. The molecule has 1 saturated heterocycles. The second kappa shape index (κ2) is 7.20. The summed E-state index contributed by atoms with van der Waals surface area (Å²) < 4.78 is 6.34. The highest BCUT2D eigenvalue weighted by Gasteiger charge is 2.27. The van der Waals surface area contributed by atoms with E-state index >= 15 is 0 Å². The van der Waals surface area contributed by atoms with Gasteiger partial charge in [-0.25, -0.2) is 15.0 Å². The van der Waals surface area contributed by atoms with E-state index < -0.39 is 0 Å². The van der Waals surface area contributed by atoms with Gasteiger partial charge in [0.2, 0.25) is 5.91 Å². The summed E-state index contributed by atoms with van der Waals surface area (Å²) >= 11 is 1.63. The second-order valence-corrected chi connectivity index (χ2v) is 7.89. The fourth-order valence-electron chi connectivity index (χ4n) is 3.71. The molecule has 1 aliphatic rings. The number of rotatable bonds is 4. The monoisotopic (exact) mass is 393 g/mol. The Morgan fingerprint density at radius 2 is 2.11 bits per heavy atom. The molecule has 8 heteroatoms. The van der Waals surface area contributed by atoms with Crippen molar-refractivity contribution in [3.8, 4) is 0 Å². The maximum absolute atomic E-state index is 12.5. The first-order valence-electron chi connectivity index (χ1n) is 9.33. The summed E-state index contributed by atoms with van der Waals surface area (Å²) in [6.45, 7) is 2.03. The first kappa shape index (κ1) is 17.1. The van der Waals surface area contributed by atoms with Crippen molar-refractivity contribution in [3.63, 3.8) is 0 Å². The summed E-state index contributed by atoms with van der Waals surface area (Å²) in [5, 5.41) is 4.04. The van der Waals surface area contributed by atoms with E-state index in [1.165, 1.54) is 0 Å². The fraction of sp³-hybridized carbons (Fsp3) is 0.300. The van der Waals surface area contributed by atoms with Crippen LogP contribution in [0, 0.1) is 5.92 Å². The van der Waals surface area contributed by atoms with E-state index in [9.17, 15) is 4.79 Å². The Labute approximate surface area is 165 Å². The molecule has 0 aromatic carbocycles. The van der Waals surface area contributed by atoms with Crippen molar-refractivity contribution >= 4 is 43.5 Å². The predicted molar refractivity (Wildman–Crippen MR) is 108 cm³/mol. The van der Waals surface area contributed by atoms with Gasteiger partial charge in [0.1, 0.15) is 22.7 Å². The van der Waals surface area contributed by atoms with Crippen LogP contribution in [-0.2, 0) is 11.3 Å². The van der Waals surface area contributed by atoms with E-state index in [2.05, 4.69) is 25.2 Å². The zero-order valence-corrected chi connectivity index (χ0v) is 16.0. The summed E-state index contributed by atoms with van der Waals surface area (Å²) in [7, 11) is 0. The molecule has 142 valence electrons. The van der Waals surface area contributed by atoms with E-state index in [-0.39, 0.29) is 11.8 Å². The Balaban J connectivity index is 1.30. The highest BCUT2D eigenvalue weighted by atomic mass is 32.1. The topological polar surface area (TPSA) is 84.2 Å². The van der Waals surface area contributed by atoms with Crippen molar-refractivity contribution < 1.29 is 9.21 Å². The quantitative estimate of drug-likeness (QED) is 0.572. The molecule has 0 radical (unpaired) electrons. The number of furan rings is 1. The summed E-state index contributed by atoms with van der Waals surface area (Å²) in [4.78, 5) is 29.2. The minimum absolute atomic E-state index is 0.0209. The van der Waals surface area contributed by atoms with Gasteiger partial charge in [0.15, 0.2) is 0 Å². The fourth-order valence-corrected chi connectivity index (χ4v) is 4.82. The molecule has 4 aromatic rings. The van der Waals surface area contributed by atoms with Gasteiger partial charge in [0.05, 0.1) is 23.0 Å². The normalized spacial score (nSPS) is 15.4. The van der Waals surface area contributed by atoms with Gasteiger partial charge in [-0.2, -0.15) is 0 Å². The number of fused-ring (bicyclic) bond motifs is 3. The van der Waals surface area contributed by atoms with Gasteiger partial charge in [-0.3, -0.25) is 4.79 Å².